The van der Waals surface area contributed by atoms with Crippen LogP contribution < -0.4 is 15.2 Å². The molecule has 5 nitrogen and oxygen atoms in total. The Kier molecular flexibility index (Phi) is 3.72. The monoisotopic (exact) mass is 286 g/mol. The summed E-state index contributed by atoms with van der Waals surface area (Å²) in [5.41, 5.74) is 5.81. The maximum Gasteiger partial charge on any atom is 0.235 e. The highest BCUT2D eigenvalue weighted by Crippen LogP contribution is 2.30. The van der Waals surface area contributed by atoms with Crippen LogP contribution in [0.15, 0.2) is 24.3 Å². The number of anilines is 1. The van der Waals surface area contributed by atoms with Gasteiger partial charge in [0.15, 0.2) is 0 Å². The van der Waals surface area contributed by atoms with Gasteiger partial charge in [-0.3, -0.25) is 4.72 Å². The van der Waals surface area contributed by atoms with Crippen LogP contribution in [0.3, 0.4) is 0 Å². The van der Waals surface area contributed by atoms with Gasteiger partial charge in [-0.15, -0.1) is 0 Å². The number of hydrogen-bond donors (Lipinski definition) is 2. The van der Waals surface area contributed by atoms with Crippen molar-refractivity contribution in [3.05, 3.63) is 24.3 Å². The Bertz CT molecular complexity index is 553. The molecule has 1 aliphatic rings. The lowest BCUT2D eigenvalue weighted by molar-refractivity contribution is 0.378. The van der Waals surface area contributed by atoms with Gasteiger partial charge in [-0.25, -0.2) is 8.42 Å². The summed E-state index contributed by atoms with van der Waals surface area (Å²) >= 11 is 4.70. The highest BCUT2D eigenvalue weighted by Gasteiger charge is 2.35. The van der Waals surface area contributed by atoms with Gasteiger partial charge in [0.25, 0.3) is 0 Å². The van der Waals surface area contributed by atoms with Crippen LogP contribution in [0.25, 0.3) is 0 Å². The van der Waals surface area contributed by atoms with E-state index in [-0.39, 0.29) is 16.8 Å². The van der Waals surface area contributed by atoms with Gasteiger partial charge >= 0.3 is 0 Å². The van der Waals surface area contributed by atoms with Crippen molar-refractivity contribution in [1.82, 2.24) is 0 Å². The van der Waals surface area contributed by atoms with Crippen LogP contribution in [0.5, 0.6) is 5.75 Å². The third kappa shape index (κ3) is 3.58. The smallest absolute Gasteiger partial charge is 0.235 e. The first-order valence-electron chi connectivity index (χ1n) is 5.50. The Hall–Kier alpha value is -1.34. The fourth-order valence-corrected chi connectivity index (χ4v) is 2.87. The first kappa shape index (κ1) is 13.1. The summed E-state index contributed by atoms with van der Waals surface area (Å²) in [5, 5.41) is -0.251. The van der Waals surface area contributed by atoms with Crippen LogP contribution in [-0.4, -0.2) is 25.3 Å². The van der Waals surface area contributed by atoms with Gasteiger partial charge in [0.05, 0.1) is 10.9 Å². The molecule has 0 amide bonds. The minimum atomic E-state index is -3.24. The predicted octanol–water partition coefficient (Wildman–Crippen LogP) is 1.26. The molecule has 1 aromatic carbocycles. The zero-order chi connectivity index (χ0) is 13.2. The highest BCUT2D eigenvalue weighted by atomic mass is 32.2. The lowest BCUT2D eigenvalue weighted by Gasteiger charge is -2.09. The largest absolute Gasteiger partial charge is 0.486 e. The van der Waals surface area contributed by atoms with Gasteiger partial charge in [0, 0.05) is 6.07 Å². The quantitative estimate of drug-likeness (QED) is 0.769. The summed E-state index contributed by atoms with van der Waals surface area (Å²) < 4.78 is 31.3. The van der Waals surface area contributed by atoms with Gasteiger partial charge in [-0.1, -0.05) is 18.3 Å². The van der Waals surface area contributed by atoms with E-state index in [2.05, 4.69) is 4.72 Å². The van der Waals surface area contributed by atoms with Crippen molar-refractivity contribution < 1.29 is 13.2 Å². The van der Waals surface area contributed by atoms with Gasteiger partial charge in [-0.05, 0) is 25.0 Å². The van der Waals surface area contributed by atoms with E-state index in [4.69, 9.17) is 22.7 Å². The van der Waals surface area contributed by atoms with Crippen molar-refractivity contribution in [3.8, 4) is 5.75 Å². The average molecular weight is 286 g/mol. The second-order valence-electron chi connectivity index (χ2n) is 4.13. The van der Waals surface area contributed by atoms with Gasteiger partial charge in [0.1, 0.15) is 17.3 Å². The second-order valence-corrected chi connectivity index (χ2v) is 6.61. The van der Waals surface area contributed by atoms with Gasteiger partial charge < -0.3 is 10.5 Å². The summed E-state index contributed by atoms with van der Waals surface area (Å²) in [5.74, 6) is 0.527. The van der Waals surface area contributed by atoms with Crippen molar-refractivity contribution >= 4 is 32.9 Å². The third-order valence-corrected chi connectivity index (χ3v) is 4.43. The molecule has 1 saturated carbocycles. The third-order valence-electron chi connectivity index (χ3n) is 2.44. The minimum absolute atomic E-state index is 0.133. The van der Waals surface area contributed by atoms with Crippen LogP contribution in [0, 0.1) is 0 Å². The number of benzene rings is 1. The maximum atomic E-state index is 11.7. The minimum Gasteiger partial charge on any atom is -0.486 e. The zero-order valence-electron chi connectivity index (χ0n) is 9.63. The molecule has 0 unspecified atom stereocenters. The van der Waals surface area contributed by atoms with Crippen LogP contribution in [0.4, 0.5) is 5.69 Å². The van der Waals surface area contributed by atoms with E-state index in [1.54, 1.807) is 24.3 Å². The first-order valence-corrected chi connectivity index (χ1v) is 7.45. The summed E-state index contributed by atoms with van der Waals surface area (Å²) in [7, 11) is -3.24. The number of rotatable bonds is 6. The number of sulfonamides is 1. The van der Waals surface area contributed by atoms with Gasteiger partial charge in [0.2, 0.25) is 10.0 Å². The second kappa shape index (κ2) is 5.11. The molecule has 3 N–H and O–H groups in total. The molecule has 1 aliphatic carbocycles. The summed E-state index contributed by atoms with van der Waals surface area (Å²) in [6, 6.07) is 6.71. The Morgan fingerprint density at radius 2 is 2.22 bits per heavy atom. The zero-order valence-corrected chi connectivity index (χ0v) is 11.3. The molecule has 0 saturated heterocycles. The van der Waals surface area contributed by atoms with Crippen molar-refractivity contribution in [2.24, 2.45) is 5.73 Å². The summed E-state index contributed by atoms with van der Waals surface area (Å²) in [6.45, 7) is 0.133. The molecular formula is C11H14N2O3S2. The van der Waals surface area contributed by atoms with E-state index >= 15 is 0 Å². The molecule has 0 radical (unpaired) electrons. The first-order chi connectivity index (χ1) is 8.47. The van der Waals surface area contributed by atoms with E-state index in [1.165, 1.54) is 0 Å². The van der Waals surface area contributed by atoms with Crippen LogP contribution in [0.2, 0.25) is 0 Å². The Balaban J connectivity index is 2.05. The normalized spacial score (nSPS) is 15.1. The fourth-order valence-electron chi connectivity index (χ4n) is 1.43. The topological polar surface area (TPSA) is 81.4 Å². The maximum absolute atomic E-state index is 11.7. The SMILES string of the molecule is NC(=S)COc1cccc(NS(=O)(=O)C2CC2)c1. The molecule has 0 aromatic heterocycles. The molecular weight excluding hydrogens is 272 g/mol. The lowest BCUT2D eigenvalue weighted by atomic mass is 10.3. The van der Waals surface area contributed by atoms with E-state index in [0.29, 0.717) is 11.4 Å². The summed E-state index contributed by atoms with van der Waals surface area (Å²) in [6.07, 6.45) is 1.46. The molecule has 7 heteroatoms. The molecule has 1 aromatic rings. The average Bonchev–Trinajstić information content (AvgIpc) is 3.10. The van der Waals surface area contributed by atoms with Crippen molar-refractivity contribution in [3.63, 3.8) is 0 Å². The molecule has 0 aliphatic heterocycles. The molecule has 18 heavy (non-hydrogen) atoms. The predicted molar refractivity (Wildman–Crippen MR) is 74.3 cm³/mol. The van der Waals surface area contributed by atoms with Crippen molar-refractivity contribution in [2.75, 3.05) is 11.3 Å². The number of nitrogens with two attached hydrogens (primary N) is 1. The Labute approximate surface area is 111 Å². The Morgan fingerprint density at radius 1 is 1.50 bits per heavy atom. The van der Waals surface area contributed by atoms with E-state index in [9.17, 15) is 8.42 Å². The van der Waals surface area contributed by atoms with Crippen LogP contribution in [0.1, 0.15) is 12.8 Å². The molecule has 0 bridgehead atoms. The number of hydrogen-bond acceptors (Lipinski definition) is 4. The van der Waals surface area contributed by atoms with Crippen molar-refractivity contribution in [2.45, 2.75) is 18.1 Å². The summed E-state index contributed by atoms with van der Waals surface area (Å²) in [4.78, 5) is 0.249. The van der Waals surface area contributed by atoms with E-state index in [0.717, 1.165) is 12.8 Å². The molecule has 0 atom stereocenters. The lowest BCUT2D eigenvalue weighted by Crippen LogP contribution is -2.18. The highest BCUT2D eigenvalue weighted by molar-refractivity contribution is 7.93. The molecule has 2 rings (SSSR count). The van der Waals surface area contributed by atoms with Crippen LogP contribution in [-0.2, 0) is 10.0 Å². The van der Waals surface area contributed by atoms with E-state index < -0.39 is 10.0 Å². The Morgan fingerprint density at radius 3 is 2.83 bits per heavy atom. The number of ether oxygens (including phenoxy) is 1. The fraction of sp³-hybridized carbons (Fsp3) is 0.364. The van der Waals surface area contributed by atoms with E-state index in [1.807, 2.05) is 0 Å². The van der Waals surface area contributed by atoms with Gasteiger partial charge in [-0.2, -0.15) is 0 Å². The van der Waals surface area contributed by atoms with Crippen molar-refractivity contribution in [1.29, 1.82) is 0 Å². The van der Waals surface area contributed by atoms with Crippen LogP contribution >= 0.6 is 12.2 Å². The molecule has 1 fully saturated rings. The molecule has 98 valence electrons. The standard InChI is InChI=1S/C11H14N2O3S2/c12-11(17)7-16-9-3-1-2-8(6-9)13-18(14,15)10-4-5-10/h1-3,6,10,13H,4-5,7H2,(H2,12,17). The molecule has 0 heterocycles. The number of thiocarbonyl (C=S) groups is 1. The molecule has 0 spiro atoms. The number of nitrogens with one attached hydrogen (secondary N) is 1.